The third-order valence-electron chi connectivity index (χ3n) is 6.04. The van der Waals surface area contributed by atoms with Gasteiger partial charge in [-0.25, -0.2) is 4.79 Å². The van der Waals surface area contributed by atoms with Crippen molar-refractivity contribution in [2.24, 2.45) is 11.8 Å². The molecule has 0 radical (unpaired) electrons. The Bertz CT molecular complexity index is 629. The van der Waals surface area contributed by atoms with E-state index >= 15 is 0 Å². The van der Waals surface area contributed by atoms with E-state index in [4.69, 9.17) is 14.6 Å². The normalized spacial score (nSPS) is 24.9. The van der Waals surface area contributed by atoms with Crippen LogP contribution < -0.4 is 4.74 Å². The molecule has 3 rings (SSSR count). The molecule has 1 aromatic rings. The number of hydrogen-bond donors (Lipinski definition) is 2. The van der Waals surface area contributed by atoms with E-state index in [9.17, 15) is 9.90 Å². The summed E-state index contributed by atoms with van der Waals surface area (Å²) in [6.07, 6.45) is 7.91. The molecule has 0 spiro atoms. The molecule has 2 N–H and O–H groups in total. The number of unbranched alkanes of at least 4 members (excludes halogenated alkanes) is 2. The van der Waals surface area contributed by atoms with Crippen LogP contribution in [0.1, 0.15) is 56.6 Å². The first kappa shape index (κ1) is 20.2. The van der Waals surface area contributed by atoms with Crippen LogP contribution in [0.2, 0.25) is 0 Å². The summed E-state index contributed by atoms with van der Waals surface area (Å²) in [4.78, 5) is 10.8. The molecule has 1 saturated heterocycles. The van der Waals surface area contributed by atoms with Crippen LogP contribution in [0.15, 0.2) is 18.2 Å². The molecule has 1 heterocycles. The number of hydrogen-bond acceptors (Lipinski definition) is 4. The van der Waals surface area contributed by atoms with E-state index in [1.165, 1.54) is 18.4 Å². The number of carboxylic acid groups (broad SMARTS) is 1. The summed E-state index contributed by atoms with van der Waals surface area (Å²) in [7, 11) is 0. The fourth-order valence-electron chi connectivity index (χ4n) is 4.56. The standard InChI is InChI=1S/C22H32O5/c1-2-3-4-7-17(23)9-10-21-19-11-15-6-5-8-20(27-14-22(24)25)18(15)12-16(19)13-26-21/h5-6,8,16-17,19,21,23H,2-4,7,9-14H2,1H3,(H,24,25). The van der Waals surface area contributed by atoms with Crippen LogP contribution in [0.5, 0.6) is 5.75 Å². The smallest absolute Gasteiger partial charge is 0.341 e. The lowest BCUT2D eigenvalue weighted by atomic mass is 9.74. The van der Waals surface area contributed by atoms with E-state index < -0.39 is 5.97 Å². The Morgan fingerprint density at radius 2 is 2.15 bits per heavy atom. The van der Waals surface area contributed by atoms with Gasteiger partial charge in [0.1, 0.15) is 5.75 Å². The molecular formula is C22H32O5. The largest absolute Gasteiger partial charge is 0.482 e. The van der Waals surface area contributed by atoms with Gasteiger partial charge in [-0.2, -0.15) is 0 Å². The molecule has 5 nitrogen and oxygen atoms in total. The maximum Gasteiger partial charge on any atom is 0.341 e. The molecule has 5 heteroatoms. The number of carbonyl (C=O) groups is 1. The number of ether oxygens (including phenoxy) is 2. The van der Waals surface area contributed by atoms with E-state index in [-0.39, 0.29) is 18.8 Å². The summed E-state index contributed by atoms with van der Waals surface area (Å²) in [5.41, 5.74) is 2.39. The summed E-state index contributed by atoms with van der Waals surface area (Å²) in [5.74, 6) is 0.676. The Balaban J connectivity index is 1.57. The minimum absolute atomic E-state index is 0.215. The lowest BCUT2D eigenvalue weighted by molar-refractivity contribution is -0.139. The van der Waals surface area contributed by atoms with Gasteiger partial charge in [0.25, 0.3) is 0 Å². The SMILES string of the molecule is CCCCCC(O)CCC1OCC2Cc3c(cccc3OCC(=O)O)CC21. The zero-order valence-electron chi connectivity index (χ0n) is 16.2. The summed E-state index contributed by atoms with van der Waals surface area (Å²) >= 11 is 0. The summed E-state index contributed by atoms with van der Waals surface area (Å²) in [6.45, 7) is 2.62. The fraction of sp³-hybridized carbons (Fsp3) is 0.682. The topological polar surface area (TPSA) is 76.0 Å². The summed E-state index contributed by atoms with van der Waals surface area (Å²) in [5, 5.41) is 19.1. The van der Waals surface area contributed by atoms with Gasteiger partial charge in [-0.05, 0) is 61.1 Å². The molecule has 1 aromatic carbocycles. The maximum absolute atomic E-state index is 10.8. The van der Waals surface area contributed by atoms with Crippen LogP contribution in [0.4, 0.5) is 0 Å². The molecule has 0 saturated carbocycles. The Hall–Kier alpha value is -1.59. The zero-order chi connectivity index (χ0) is 19.2. The average Bonchev–Trinajstić information content (AvgIpc) is 3.05. The Morgan fingerprint density at radius 3 is 2.93 bits per heavy atom. The van der Waals surface area contributed by atoms with Gasteiger partial charge in [0.15, 0.2) is 6.61 Å². The van der Waals surface area contributed by atoms with E-state index in [1.54, 1.807) is 0 Å². The molecule has 2 aliphatic rings. The van der Waals surface area contributed by atoms with Crippen LogP contribution in [0.25, 0.3) is 0 Å². The summed E-state index contributed by atoms with van der Waals surface area (Å²) < 4.78 is 11.6. The van der Waals surface area contributed by atoms with Gasteiger partial charge in [-0.15, -0.1) is 0 Å². The van der Waals surface area contributed by atoms with E-state index in [2.05, 4.69) is 13.0 Å². The van der Waals surface area contributed by atoms with Crippen LogP contribution in [-0.2, 0) is 22.4 Å². The highest BCUT2D eigenvalue weighted by atomic mass is 16.5. The Morgan fingerprint density at radius 1 is 1.30 bits per heavy atom. The van der Waals surface area contributed by atoms with Crippen molar-refractivity contribution >= 4 is 5.97 Å². The van der Waals surface area contributed by atoms with Crippen LogP contribution in [0, 0.1) is 11.8 Å². The molecule has 1 aliphatic carbocycles. The van der Waals surface area contributed by atoms with Crippen molar-refractivity contribution in [1.82, 2.24) is 0 Å². The third kappa shape index (κ3) is 5.23. The lowest BCUT2D eigenvalue weighted by Crippen LogP contribution is -2.29. The molecule has 1 fully saturated rings. The van der Waals surface area contributed by atoms with E-state index in [0.717, 1.165) is 50.7 Å². The highest BCUT2D eigenvalue weighted by Gasteiger charge is 2.41. The number of aliphatic carboxylic acids is 1. The molecule has 150 valence electrons. The van der Waals surface area contributed by atoms with Crippen LogP contribution in [-0.4, -0.2) is 41.6 Å². The number of rotatable bonds is 10. The van der Waals surface area contributed by atoms with Crippen molar-refractivity contribution < 1.29 is 24.5 Å². The van der Waals surface area contributed by atoms with Crippen LogP contribution in [0.3, 0.4) is 0 Å². The van der Waals surface area contributed by atoms with Gasteiger partial charge in [-0.3, -0.25) is 0 Å². The molecule has 27 heavy (non-hydrogen) atoms. The number of benzene rings is 1. The number of fused-ring (bicyclic) bond motifs is 2. The Kier molecular flexibility index (Phi) is 7.13. The summed E-state index contributed by atoms with van der Waals surface area (Å²) in [6, 6.07) is 5.93. The van der Waals surface area contributed by atoms with Gasteiger partial charge in [-0.1, -0.05) is 38.3 Å². The molecule has 1 aliphatic heterocycles. The van der Waals surface area contributed by atoms with Crippen LogP contribution >= 0.6 is 0 Å². The highest BCUT2D eigenvalue weighted by Crippen LogP contribution is 2.42. The van der Waals surface area contributed by atoms with Crippen molar-refractivity contribution in [3.63, 3.8) is 0 Å². The fourth-order valence-corrected chi connectivity index (χ4v) is 4.56. The minimum Gasteiger partial charge on any atom is -0.482 e. The van der Waals surface area contributed by atoms with E-state index in [1.807, 2.05) is 12.1 Å². The first-order chi connectivity index (χ1) is 13.1. The second-order valence-electron chi connectivity index (χ2n) is 8.01. The number of aliphatic hydroxyl groups is 1. The van der Waals surface area contributed by atoms with Crippen molar-refractivity contribution in [3.05, 3.63) is 29.3 Å². The molecular weight excluding hydrogens is 344 g/mol. The molecule has 4 atom stereocenters. The second-order valence-corrected chi connectivity index (χ2v) is 8.01. The number of carboxylic acids is 1. The molecule has 4 unspecified atom stereocenters. The van der Waals surface area contributed by atoms with Gasteiger partial charge >= 0.3 is 5.97 Å². The van der Waals surface area contributed by atoms with Crippen molar-refractivity contribution in [1.29, 1.82) is 0 Å². The van der Waals surface area contributed by atoms with E-state index in [0.29, 0.717) is 17.6 Å². The monoisotopic (exact) mass is 376 g/mol. The van der Waals surface area contributed by atoms with Crippen molar-refractivity contribution in [2.75, 3.05) is 13.2 Å². The minimum atomic E-state index is -0.956. The third-order valence-corrected chi connectivity index (χ3v) is 6.04. The Labute approximate surface area is 161 Å². The molecule has 0 amide bonds. The predicted molar refractivity (Wildman–Crippen MR) is 103 cm³/mol. The van der Waals surface area contributed by atoms with Gasteiger partial charge in [0, 0.05) is 0 Å². The van der Waals surface area contributed by atoms with Gasteiger partial charge in [0.2, 0.25) is 0 Å². The van der Waals surface area contributed by atoms with Crippen molar-refractivity contribution in [3.8, 4) is 5.75 Å². The highest BCUT2D eigenvalue weighted by molar-refractivity contribution is 5.68. The second kappa shape index (κ2) is 9.56. The molecule has 0 aromatic heterocycles. The first-order valence-corrected chi connectivity index (χ1v) is 10.3. The lowest BCUT2D eigenvalue weighted by Gasteiger charge is -2.30. The quantitative estimate of drug-likeness (QED) is 0.610. The average molecular weight is 376 g/mol. The van der Waals surface area contributed by atoms with Gasteiger partial charge in [0.05, 0.1) is 18.8 Å². The predicted octanol–water partition coefficient (Wildman–Crippen LogP) is 3.60. The van der Waals surface area contributed by atoms with Gasteiger partial charge < -0.3 is 19.7 Å². The molecule has 0 bridgehead atoms. The number of aliphatic hydroxyl groups excluding tert-OH is 1. The first-order valence-electron chi connectivity index (χ1n) is 10.3. The van der Waals surface area contributed by atoms with Crippen molar-refractivity contribution in [2.45, 2.75) is 70.5 Å². The zero-order valence-corrected chi connectivity index (χ0v) is 16.2. The maximum atomic E-state index is 10.8.